The highest BCUT2D eigenvalue weighted by Gasteiger charge is 2.26. The Bertz CT molecular complexity index is 547. The Balaban J connectivity index is 2.98. The standard InChI is InChI=1S/C16H21F2NO4/c1-3-11(9-20)19-14(8-15(21)23-4-2)16(22)10-5-6-12(17)13(18)7-10/h5-7,11,14,19-20H,3-4,8-9H2,1-2H3. The number of ketones is 1. The minimum atomic E-state index is -1.14. The normalized spacial score (nSPS) is 13.4. The highest BCUT2D eigenvalue weighted by atomic mass is 19.2. The number of aliphatic hydroxyl groups excluding tert-OH is 1. The number of halogens is 2. The van der Waals surface area contributed by atoms with Crippen LogP contribution < -0.4 is 5.32 Å². The molecule has 1 aromatic carbocycles. The molecule has 2 atom stereocenters. The fourth-order valence-corrected chi connectivity index (χ4v) is 2.05. The first kappa shape index (κ1) is 19.2. The Hall–Kier alpha value is -1.86. The molecule has 1 rings (SSSR count). The molecule has 7 heteroatoms. The molecule has 0 radical (unpaired) electrons. The van der Waals surface area contributed by atoms with E-state index in [2.05, 4.69) is 5.32 Å². The number of nitrogens with one attached hydrogen (secondary N) is 1. The van der Waals surface area contributed by atoms with Crippen LogP contribution >= 0.6 is 0 Å². The number of carbonyl (C=O) groups excluding carboxylic acids is 2. The van der Waals surface area contributed by atoms with Crippen molar-refractivity contribution in [3.63, 3.8) is 0 Å². The SMILES string of the molecule is CCOC(=O)CC(NC(CC)CO)C(=O)c1ccc(F)c(F)c1. The smallest absolute Gasteiger partial charge is 0.307 e. The number of aliphatic hydroxyl groups is 1. The summed E-state index contributed by atoms with van der Waals surface area (Å²) >= 11 is 0. The fourth-order valence-electron chi connectivity index (χ4n) is 2.05. The second-order valence-corrected chi connectivity index (χ2v) is 5.01. The van der Waals surface area contributed by atoms with Crippen LogP contribution in [0, 0.1) is 11.6 Å². The van der Waals surface area contributed by atoms with Crippen LogP contribution in [0.5, 0.6) is 0 Å². The van der Waals surface area contributed by atoms with Gasteiger partial charge in [-0.2, -0.15) is 0 Å². The molecule has 0 spiro atoms. The van der Waals surface area contributed by atoms with Crippen LogP contribution in [0.15, 0.2) is 18.2 Å². The molecule has 0 saturated heterocycles. The van der Waals surface area contributed by atoms with Crippen LogP contribution in [-0.4, -0.2) is 42.2 Å². The van der Waals surface area contributed by atoms with Gasteiger partial charge in [-0.1, -0.05) is 6.92 Å². The molecule has 2 unspecified atom stereocenters. The van der Waals surface area contributed by atoms with E-state index in [0.29, 0.717) is 6.42 Å². The van der Waals surface area contributed by atoms with Crippen molar-refractivity contribution in [2.45, 2.75) is 38.8 Å². The average Bonchev–Trinajstić information content (AvgIpc) is 2.53. The summed E-state index contributed by atoms with van der Waals surface area (Å²) < 4.78 is 31.1. The van der Waals surface area contributed by atoms with E-state index in [1.54, 1.807) is 13.8 Å². The maximum atomic E-state index is 13.3. The molecule has 0 fully saturated rings. The van der Waals surface area contributed by atoms with Gasteiger partial charge in [0.25, 0.3) is 0 Å². The Morgan fingerprint density at radius 3 is 2.48 bits per heavy atom. The van der Waals surface area contributed by atoms with E-state index in [1.807, 2.05) is 0 Å². The molecule has 0 aromatic heterocycles. The van der Waals surface area contributed by atoms with Crippen LogP contribution in [0.1, 0.15) is 37.0 Å². The molecule has 23 heavy (non-hydrogen) atoms. The van der Waals surface area contributed by atoms with Crippen molar-refractivity contribution >= 4 is 11.8 Å². The number of ether oxygens (including phenoxy) is 1. The van der Waals surface area contributed by atoms with E-state index < -0.39 is 35.5 Å². The number of Topliss-reactive ketones (excluding diaryl/α,β-unsaturated/α-hetero) is 1. The third-order valence-corrected chi connectivity index (χ3v) is 3.35. The molecule has 0 heterocycles. The average molecular weight is 329 g/mol. The highest BCUT2D eigenvalue weighted by molar-refractivity contribution is 6.01. The van der Waals surface area contributed by atoms with Gasteiger partial charge in [-0.15, -0.1) is 0 Å². The minimum Gasteiger partial charge on any atom is -0.466 e. The van der Waals surface area contributed by atoms with Crippen molar-refractivity contribution in [1.82, 2.24) is 5.32 Å². The van der Waals surface area contributed by atoms with Crippen molar-refractivity contribution in [1.29, 1.82) is 0 Å². The third-order valence-electron chi connectivity index (χ3n) is 3.35. The second kappa shape index (κ2) is 9.32. The zero-order valence-corrected chi connectivity index (χ0v) is 13.1. The summed E-state index contributed by atoms with van der Waals surface area (Å²) in [5.41, 5.74) is -0.0570. The van der Waals surface area contributed by atoms with Gasteiger partial charge < -0.3 is 15.2 Å². The second-order valence-electron chi connectivity index (χ2n) is 5.01. The number of benzene rings is 1. The van der Waals surface area contributed by atoms with E-state index in [0.717, 1.165) is 18.2 Å². The number of hydrogen-bond acceptors (Lipinski definition) is 5. The first-order chi connectivity index (χ1) is 10.9. The lowest BCUT2D eigenvalue weighted by Gasteiger charge is -2.22. The molecular formula is C16H21F2NO4. The van der Waals surface area contributed by atoms with E-state index in [4.69, 9.17) is 4.74 Å². The molecule has 0 amide bonds. The van der Waals surface area contributed by atoms with E-state index in [1.165, 1.54) is 0 Å². The first-order valence-electron chi connectivity index (χ1n) is 7.44. The molecule has 0 aliphatic carbocycles. The third kappa shape index (κ3) is 5.69. The van der Waals surface area contributed by atoms with Crippen molar-refractivity contribution in [3.8, 4) is 0 Å². The van der Waals surface area contributed by atoms with Gasteiger partial charge in [-0.05, 0) is 31.5 Å². The topological polar surface area (TPSA) is 75.6 Å². The predicted molar refractivity (Wildman–Crippen MR) is 80.0 cm³/mol. The summed E-state index contributed by atoms with van der Waals surface area (Å²) in [6, 6.07) is 1.41. The summed E-state index contributed by atoms with van der Waals surface area (Å²) in [4.78, 5) is 24.1. The van der Waals surface area contributed by atoms with Crippen LogP contribution in [0.2, 0.25) is 0 Å². The van der Waals surface area contributed by atoms with E-state index in [-0.39, 0.29) is 25.2 Å². The summed E-state index contributed by atoms with van der Waals surface area (Å²) in [5.74, 6) is -3.35. The van der Waals surface area contributed by atoms with Crippen LogP contribution in [-0.2, 0) is 9.53 Å². The number of esters is 1. The van der Waals surface area contributed by atoms with Gasteiger partial charge in [-0.3, -0.25) is 9.59 Å². The lowest BCUT2D eigenvalue weighted by atomic mass is 10.00. The van der Waals surface area contributed by atoms with Gasteiger partial charge in [0, 0.05) is 11.6 Å². The monoisotopic (exact) mass is 329 g/mol. The molecule has 1 aromatic rings. The lowest BCUT2D eigenvalue weighted by Crippen LogP contribution is -2.46. The maximum Gasteiger partial charge on any atom is 0.307 e. The van der Waals surface area contributed by atoms with Crippen molar-refractivity contribution in [2.24, 2.45) is 0 Å². The lowest BCUT2D eigenvalue weighted by molar-refractivity contribution is -0.143. The molecule has 0 aliphatic rings. The fraction of sp³-hybridized carbons (Fsp3) is 0.500. The number of hydrogen-bond donors (Lipinski definition) is 2. The van der Waals surface area contributed by atoms with Crippen LogP contribution in [0.25, 0.3) is 0 Å². The molecule has 0 aliphatic heterocycles. The zero-order valence-electron chi connectivity index (χ0n) is 13.1. The summed E-state index contributed by atoms with van der Waals surface area (Å²) in [5, 5.41) is 12.1. The number of rotatable bonds is 9. The Morgan fingerprint density at radius 2 is 1.96 bits per heavy atom. The maximum absolute atomic E-state index is 13.3. The van der Waals surface area contributed by atoms with Gasteiger partial charge >= 0.3 is 5.97 Å². The molecule has 2 N–H and O–H groups in total. The van der Waals surface area contributed by atoms with Crippen molar-refractivity contribution in [3.05, 3.63) is 35.4 Å². The summed E-state index contributed by atoms with van der Waals surface area (Å²) in [6.45, 7) is 3.39. The first-order valence-corrected chi connectivity index (χ1v) is 7.44. The molecular weight excluding hydrogens is 308 g/mol. The van der Waals surface area contributed by atoms with Gasteiger partial charge in [0.05, 0.1) is 25.7 Å². The number of carbonyl (C=O) groups is 2. The van der Waals surface area contributed by atoms with Gasteiger partial charge in [0.15, 0.2) is 17.4 Å². The molecule has 0 saturated carbocycles. The highest BCUT2D eigenvalue weighted by Crippen LogP contribution is 2.13. The van der Waals surface area contributed by atoms with Gasteiger partial charge in [-0.25, -0.2) is 8.78 Å². The van der Waals surface area contributed by atoms with E-state index in [9.17, 15) is 23.5 Å². The Kier molecular flexibility index (Phi) is 7.77. The van der Waals surface area contributed by atoms with Crippen molar-refractivity contribution in [2.75, 3.05) is 13.2 Å². The largest absolute Gasteiger partial charge is 0.466 e. The van der Waals surface area contributed by atoms with Crippen LogP contribution in [0.3, 0.4) is 0 Å². The Labute approximate surface area is 133 Å². The Morgan fingerprint density at radius 1 is 1.26 bits per heavy atom. The van der Waals surface area contributed by atoms with Gasteiger partial charge in [0.2, 0.25) is 0 Å². The van der Waals surface area contributed by atoms with E-state index >= 15 is 0 Å². The summed E-state index contributed by atoms with van der Waals surface area (Å²) in [7, 11) is 0. The van der Waals surface area contributed by atoms with Crippen molar-refractivity contribution < 1.29 is 28.2 Å². The predicted octanol–water partition coefficient (Wildman–Crippen LogP) is 1.83. The molecule has 5 nitrogen and oxygen atoms in total. The van der Waals surface area contributed by atoms with Gasteiger partial charge in [0.1, 0.15) is 0 Å². The zero-order chi connectivity index (χ0) is 17.4. The quantitative estimate of drug-likeness (QED) is 0.534. The minimum absolute atomic E-state index is 0.0570. The summed E-state index contributed by atoms with van der Waals surface area (Å²) in [6.07, 6.45) is 0.267. The molecule has 128 valence electrons. The van der Waals surface area contributed by atoms with Crippen LogP contribution in [0.4, 0.5) is 8.78 Å². The molecule has 0 bridgehead atoms.